The Morgan fingerprint density at radius 3 is 2.76 bits per heavy atom. The van der Waals surface area contributed by atoms with Gasteiger partial charge in [0.05, 0.1) is 17.9 Å². The number of aliphatic imine (C=N–C) groups is 1. The van der Waals surface area contributed by atoms with Gasteiger partial charge in [-0.3, -0.25) is 4.99 Å². The molecule has 2 aromatic carbocycles. The van der Waals surface area contributed by atoms with Crippen LogP contribution in [0.4, 0.5) is 0 Å². The van der Waals surface area contributed by atoms with Crippen LogP contribution in [0.1, 0.15) is 17.0 Å². The van der Waals surface area contributed by atoms with E-state index >= 15 is 0 Å². The smallest absolute Gasteiger partial charge is 0.134 e. The molecule has 0 N–H and O–H groups in total. The van der Waals surface area contributed by atoms with Gasteiger partial charge in [-0.25, -0.2) is 4.98 Å². The van der Waals surface area contributed by atoms with Crippen molar-refractivity contribution in [3.63, 3.8) is 0 Å². The van der Waals surface area contributed by atoms with Gasteiger partial charge in [0.25, 0.3) is 0 Å². The van der Waals surface area contributed by atoms with Gasteiger partial charge in [0.2, 0.25) is 0 Å². The molecule has 4 rings (SSSR count). The lowest BCUT2D eigenvalue weighted by Gasteiger charge is -2.12. The monoisotopic (exact) mass is 337 g/mol. The highest BCUT2D eigenvalue weighted by atomic mass is 79.9. The van der Waals surface area contributed by atoms with Crippen molar-refractivity contribution in [3.8, 4) is 5.69 Å². The van der Waals surface area contributed by atoms with E-state index in [1.165, 1.54) is 0 Å². The standard InChI is InChI=1S/C17H12BrN3/c18-13-6-7-15-14(10-13)17(12-4-2-1-3-5-12)20-11-16-19-8-9-21(15)16/h1-10H,11H2. The summed E-state index contributed by atoms with van der Waals surface area (Å²) in [5.74, 6) is 0.963. The molecule has 102 valence electrons. The second kappa shape index (κ2) is 4.97. The van der Waals surface area contributed by atoms with Crippen LogP contribution in [0.5, 0.6) is 0 Å². The number of hydrogen-bond donors (Lipinski definition) is 0. The van der Waals surface area contributed by atoms with E-state index in [0.29, 0.717) is 6.54 Å². The molecular weight excluding hydrogens is 326 g/mol. The summed E-state index contributed by atoms with van der Waals surface area (Å²) in [7, 11) is 0. The Hall–Kier alpha value is -2.20. The number of imidazole rings is 1. The van der Waals surface area contributed by atoms with E-state index in [1.807, 2.05) is 30.6 Å². The topological polar surface area (TPSA) is 30.2 Å². The summed E-state index contributed by atoms with van der Waals surface area (Å²) in [5.41, 5.74) is 4.37. The Balaban J connectivity index is 2.00. The van der Waals surface area contributed by atoms with Crippen molar-refractivity contribution in [2.24, 2.45) is 4.99 Å². The minimum atomic E-state index is 0.587. The predicted molar refractivity (Wildman–Crippen MR) is 87.0 cm³/mol. The maximum absolute atomic E-state index is 4.80. The van der Waals surface area contributed by atoms with Crippen molar-refractivity contribution >= 4 is 21.6 Å². The Kier molecular flexibility index (Phi) is 2.97. The highest BCUT2D eigenvalue weighted by Gasteiger charge is 2.18. The van der Waals surface area contributed by atoms with Crippen LogP contribution >= 0.6 is 15.9 Å². The zero-order valence-corrected chi connectivity index (χ0v) is 12.8. The summed E-state index contributed by atoms with van der Waals surface area (Å²) in [5, 5.41) is 0. The fraction of sp³-hybridized carbons (Fsp3) is 0.0588. The Morgan fingerprint density at radius 2 is 1.90 bits per heavy atom. The molecule has 0 unspecified atom stereocenters. The van der Waals surface area contributed by atoms with E-state index < -0.39 is 0 Å². The Labute approximate surface area is 131 Å². The number of aromatic nitrogens is 2. The van der Waals surface area contributed by atoms with Gasteiger partial charge in [-0.2, -0.15) is 0 Å². The molecule has 4 heteroatoms. The Morgan fingerprint density at radius 1 is 1.05 bits per heavy atom. The first-order valence-electron chi connectivity index (χ1n) is 6.75. The lowest BCUT2D eigenvalue weighted by molar-refractivity contribution is 0.879. The van der Waals surface area contributed by atoms with E-state index in [1.54, 1.807) is 0 Å². The average molecular weight is 338 g/mol. The van der Waals surface area contributed by atoms with Crippen molar-refractivity contribution in [3.05, 3.63) is 82.3 Å². The summed E-state index contributed by atoms with van der Waals surface area (Å²) in [6.45, 7) is 0.587. The molecule has 3 nitrogen and oxygen atoms in total. The third-order valence-electron chi connectivity index (χ3n) is 3.62. The molecular formula is C17H12BrN3. The third kappa shape index (κ3) is 2.12. The molecule has 0 saturated carbocycles. The number of hydrogen-bond acceptors (Lipinski definition) is 2. The van der Waals surface area contributed by atoms with Crippen LogP contribution in [-0.2, 0) is 6.54 Å². The number of nitrogens with zero attached hydrogens (tertiary/aromatic N) is 3. The summed E-state index contributed by atoms with van der Waals surface area (Å²) in [4.78, 5) is 9.21. The average Bonchev–Trinajstić information content (AvgIpc) is 2.92. The molecule has 2 heterocycles. The molecule has 1 aliphatic heterocycles. The van der Waals surface area contributed by atoms with Crippen LogP contribution in [0, 0.1) is 0 Å². The van der Waals surface area contributed by atoms with Crippen molar-refractivity contribution < 1.29 is 0 Å². The third-order valence-corrected chi connectivity index (χ3v) is 4.11. The molecule has 0 fully saturated rings. The number of fused-ring (bicyclic) bond motifs is 3. The zero-order chi connectivity index (χ0) is 14.2. The molecule has 0 spiro atoms. The first-order valence-corrected chi connectivity index (χ1v) is 7.54. The van der Waals surface area contributed by atoms with Gasteiger partial charge >= 0.3 is 0 Å². The summed E-state index contributed by atoms with van der Waals surface area (Å²) >= 11 is 3.57. The number of halogens is 1. The minimum Gasteiger partial charge on any atom is -0.302 e. The van der Waals surface area contributed by atoms with Gasteiger partial charge in [-0.15, -0.1) is 0 Å². The van der Waals surface area contributed by atoms with E-state index in [2.05, 4.69) is 55.8 Å². The molecule has 0 radical (unpaired) electrons. The largest absolute Gasteiger partial charge is 0.302 e. The highest BCUT2D eigenvalue weighted by Crippen LogP contribution is 2.27. The normalized spacial score (nSPS) is 13.1. The van der Waals surface area contributed by atoms with Crippen molar-refractivity contribution in [2.75, 3.05) is 0 Å². The van der Waals surface area contributed by atoms with E-state index in [-0.39, 0.29) is 0 Å². The summed E-state index contributed by atoms with van der Waals surface area (Å²) in [6, 6.07) is 16.6. The van der Waals surface area contributed by atoms with Crippen LogP contribution in [0.25, 0.3) is 5.69 Å². The lowest BCUT2D eigenvalue weighted by Crippen LogP contribution is -2.06. The van der Waals surface area contributed by atoms with Crippen LogP contribution in [0.3, 0.4) is 0 Å². The fourth-order valence-electron chi connectivity index (χ4n) is 2.66. The molecule has 0 atom stereocenters. The van der Waals surface area contributed by atoms with E-state index in [9.17, 15) is 0 Å². The summed E-state index contributed by atoms with van der Waals surface area (Å²) in [6.07, 6.45) is 3.82. The van der Waals surface area contributed by atoms with Crippen molar-refractivity contribution in [1.29, 1.82) is 0 Å². The van der Waals surface area contributed by atoms with E-state index in [4.69, 9.17) is 4.99 Å². The zero-order valence-electron chi connectivity index (χ0n) is 11.2. The molecule has 0 saturated heterocycles. The first-order chi connectivity index (χ1) is 10.3. The highest BCUT2D eigenvalue weighted by molar-refractivity contribution is 9.10. The molecule has 1 aromatic heterocycles. The lowest BCUT2D eigenvalue weighted by atomic mass is 10.0. The van der Waals surface area contributed by atoms with Crippen LogP contribution < -0.4 is 0 Å². The van der Waals surface area contributed by atoms with Gasteiger partial charge < -0.3 is 4.57 Å². The maximum Gasteiger partial charge on any atom is 0.134 e. The van der Waals surface area contributed by atoms with Gasteiger partial charge in [0.15, 0.2) is 0 Å². The molecule has 1 aliphatic rings. The molecule has 3 aromatic rings. The second-order valence-corrected chi connectivity index (χ2v) is 5.82. The molecule has 21 heavy (non-hydrogen) atoms. The maximum atomic E-state index is 4.80. The van der Waals surface area contributed by atoms with Gasteiger partial charge in [0, 0.05) is 28.0 Å². The number of benzene rings is 2. The Bertz CT molecular complexity index is 834. The fourth-order valence-corrected chi connectivity index (χ4v) is 3.02. The van der Waals surface area contributed by atoms with Crippen molar-refractivity contribution in [2.45, 2.75) is 6.54 Å². The molecule has 0 aliphatic carbocycles. The number of rotatable bonds is 1. The van der Waals surface area contributed by atoms with Gasteiger partial charge in [-0.1, -0.05) is 46.3 Å². The second-order valence-electron chi connectivity index (χ2n) is 4.91. The SMILES string of the molecule is Brc1ccc2c(c1)C(c1ccccc1)=NCc1nccn1-2. The van der Waals surface area contributed by atoms with Crippen molar-refractivity contribution in [1.82, 2.24) is 9.55 Å². The molecule has 0 bridgehead atoms. The van der Waals surface area contributed by atoms with Gasteiger partial charge in [0.1, 0.15) is 5.82 Å². The summed E-state index contributed by atoms with van der Waals surface area (Å²) < 4.78 is 3.16. The van der Waals surface area contributed by atoms with Crippen LogP contribution in [-0.4, -0.2) is 15.3 Å². The van der Waals surface area contributed by atoms with Gasteiger partial charge in [-0.05, 0) is 18.2 Å². The predicted octanol–water partition coefficient (Wildman–Crippen LogP) is 3.99. The minimum absolute atomic E-state index is 0.587. The first kappa shape index (κ1) is 12.5. The van der Waals surface area contributed by atoms with E-state index in [0.717, 1.165) is 32.8 Å². The van der Waals surface area contributed by atoms with Crippen LogP contribution in [0.2, 0.25) is 0 Å². The quantitative estimate of drug-likeness (QED) is 0.660. The molecule has 0 amide bonds. The van der Waals surface area contributed by atoms with Crippen LogP contribution in [0.15, 0.2) is 70.4 Å².